The Labute approximate surface area is 126 Å². The fraction of sp³-hybridized carbons (Fsp3) is 0.625. The zero-order valence-corrected chi connectivity index (χ0v) is 13.0. The number of ether oxygens (including phenoxy) is 2. The number of methoxy groups -OCH3 is 2. The summed E-state index contributed by atoms with van der Waals surface area (Å²) in [7, 11) is 3.32. The van der Waals surface area contributed by atoms with Gasteiger partial charge in [0.05, 0.1) is 5.69 Å². The molecule has 4 nitrogen and oxygen atoms in total. The maximum Gasteiger partial charge on any atom is 0.146 e. The third kappa shape index (κ3) is 3.73. The number of benzene rings is 1. The van der Waals surface area contributed by atoms with Crippen molar-refractivity contribution in [1.82, 2.24) is 0 Å². The van der Waals surface area contributed by atoms with Gasteiger partial charge in [-0.15, -0.1) is 0 Å². The molecule has 0 aliphatic carbocycles. The first-order valence-corrected chi connectivity index (χ1v) is 7.43. The lowest BCUT2D eigenvalue weighted by Gasteiger charge is -2.19. The highest BCUT2D eigenvalue weighted by Gasteiger charge is 2.34. The molecule has 0 amide bonds. The minimum Gasteiger partial charge on any atom is -0.377 e. The van der Waals surface area contributed by atoms with Crippen molar-refractivity contribution in [2.45, 2.75) is 38.0 Å². The number of rotatable bonds is 6. The Kier molecular flexibility index (Phi) is 5.56. The van der Waals surface area contributed by atoms with Crippen LogP contribution in [0.4, 0.5) is 10.1 Å². The molecule has 1 aliphatic rings. The zero-order chi connectivity index (χ0) is 15.4. The molecule has 1 heterocycles. The number of halogens is 1. The summed E-state index contributed by atoms with van der Waals surface area (Å²) < 4.78 is 25.1. The quantitative estimate of drug-likeness (QED) is 0.872. The van der Waals surface area contributed by atoms with E-state index in [2.05, 4.69) is 0 Å². The molecule has 1 fully saturated rings. The molecule has 0 spiro atoms. The summed E-state index contributed by atoms with van der Waals surface area (Å²) in [5.74, 6) is -0.206. The van der Waals surface area contributed by atoms with Gasteiger partial charge >= 0.3 is 0 Å². The summed E-state index contributed by atoms with van der Waals surface area (Å²) >= 11 is 0. The summed E-state index contributed by atoms with van der Waals surface area (Å²) in [4.78, 5) is 1.97. The minimum atomic E-state index is -0.206. The summed E-state index contributed by atoms with van der Waals surface area (Å²) in [6, 6.07) is 5.46. The Morgan fingerprint density at radius 1 is 1.29 bits per heavy atom. The van der Waals surface area contributed by atoms with Crippen molar-refractivity contribution in [3.63, 3.8) is 0 Å². The van der Waals surface area contributed by atoms with Gasteiger partial charge in [-0.1, -0.05) is 13.0 Å². The van der Waals surface area contributed by atoms with E-state index >= 15 is 0 Å². The molecule has 1 aromatic rings. The molecule has 1 saturated heterocycles. The van der Waals surface area contributed by atoms with Crippen LogP contribution in [0.25, 0.3) is 0 Å². The van der Waals surface area contributed by atoms with Gasteiger partial charge in [0.25, 0.3) is 0 Å². The molecule has 0 saturated carbocycles. The fourth-order valence-electron chi connectivity index (χ4n) is 2.77. The third-order valence-electron chi connectivity index (χ3n) is 4.20. The Morgan fingerprint density at radius 2 is 1.90 bits per heavy atom. The monoisotopic (exact) mass is 296 g/mol. The smallest absolute Gasteiger partial charge is 0.146 e. The fourth-order valence-corrected chi connectivity index (χ4v) is 2.77. The molecule has 21 heavy (non-hydrogen) atoms. The number of anilines is 1. The van der Waals surface area contributed by atoms with Gasteiger partial charge in [-0.25, -0.2) is 4.39 Å². The van der Waals surface area contributed by atoms with Crippen LogP contribution in [-0.4, -0.2) is 45.6 Å². The van der Waals surface area contributed by atoms with Crippen LogP contribution in [0.5, 0.6) is 0 Å². The molecule has 2 rings (SSSR count). The van der Waals surface area contributed by atoms with Crippen molar-refractivity contribution in [2.24, 2.45) is 5.73 Å². The second-order valence-electron chi connectivity index (χ2n) is 5.61. The van der Waals surface area contributed by atoms with Crippen LogP contribution in [0.3, 0.4) is 0 Å². The summed E-state index contributed by atoms with van der Waals surface area (Å²) in [5.41, 5.74) is 7.47. The van der Waals surface area contributed by atoms with Gasteiger partial charge in [0.1, 0.15) is 18.0 Å². The van der Waals surface area contributed by atoms with Crippen LogP contribution in [0.15, 0.2) is 18.2 Å². The van der Waals surface area contributed by atoms with Crippen LogP contribution in [0, 0.1) is 5.82 Å². The molecule has 1 aliphatic heterocycles. The predicted molar refractivity (Wildman–Crippen MR) is 82.2 cm³/mol. The van der Waals surface area contributed by atoms with E-state index in [0.717, 1.165) is 12.0 Å². The van der Waals surface area contributed by atoms with E-state index in [1.807, 2.05) is 24.0 Å². The van der Waals surface area contributed by atoms with Crippen LogP contribution >= 0.6 is 0 Å². The predicted octanol–water partition coefficient (Wildman–Crippen LogP) is 1.96. The highest BCUT2D eigenvalue weighted by Crippen LogP contribution is 2.27. The standard InChI is InChI=1S/C16H25FN2O2/c1-4-12(18)7-11-5-6-14(13(17)8-11)19-9-15(20-2)16(10-19)21-3/h5-6,8,12,15-16H,4,7,9-10,18H2,1-3H3. The van der Waals surface area contributed by atoms with Gasteiger partial charge in [-0.05, 0) is 30.5 Å². The number of hydrogen-bond acceptors (Lipinski definition) is 4. The Hall–Kier alpha value is -1.17. The van der Waals surface area contributed by atoms with E-state index < -0.39 is 0 Å². The average Bonchev–Trinajstić information content (AvgIpc) is 2.90. The van der Waals surface area contributed by atoms with Gasteiger partial charge in [-0.2, -0.15) is 0 Å². The normalized spacial score (nSPS) is 23.6. The summed E-state index contributed by atoms with van der Waals surface area (Å²) in [5, 5.41) is 0. The SMILES string of the molecule is CCC(N)Cc1ccc(N2CC(OC)C(OC)C2)c(F)c1. The molecular weight excluding hydrogens is 271 g/mol. The van der Waals surface area contributed by atoms with Gasteiger partial charge < -0.3 is 20.1 Å². The van der Waals surface area contributed by atoms with Crippen molar-refractivity contribution >= 4 is 5.69 Å². The molecule has 0 radical (unpaired) electrons. The van der Waals surface area contributed by atoms with Crippen molar-refractivity contribution in [3.05, 3.63) is 29.6 Å². The molecule has 0 bridgehead atoms. The Balaban J connectivity index is 2.11. The molecular formula is C16H25FN2O2. The number of nitrogens with zero attached hydrogens (tertiary/aromatic N) is 1. The molecule has 3 unspecified atom stereocenters. The van der Waals surface area contributed by atoms with E-state index in [4.69, 9.17) is 15.2 Å². The second kappa shape index (κ2) is 7.20. The largest absolute Gasteiger partial charge is 0.377 e. The van der Waals surface area contributed by atoms with E-state index in [1.165, 1.54) is 0 Å². The average molecular weight is 296 g/mol. The van der Waals surface area contributed by atoms with E-state index in [-0.39, 0.29) is 24.1 Å². The molecule has 2 N–H and O–H groups in total. The second-order valence-corrected chi connectivity index (χ2v) is 5.61. The van der Waals surface area contributed by atoms with Crippen molar-refractivity contribution < 1.29 is 13.9 Å². The van der Waals surface area contributed by atoms with Gasteiger partial charge in [0.2, 0.25) is 0 Å². The van der Waals surface area contributed by atoms with Gasteiger partial charge in [-0.3, -0.25) is 0 Å². The van der Waals surface area contributed by atoms with Crippen LogP contribution in [0.2, 0.25) is 0 Å². The zero-order valence-electron chi connectivity index (χ0n) is 13.0. The molecule has 3 atom stereocenters. The van der Waals surface area contributed by atoms with E-state index in [9.17, 15) is 4.39 Å². The number of hydrogen-bond donors (Lipinski definition) is 1. The lowest BCUT2D eigenvalue weighted by atomic mass is 10.0. The maximum absolute atomic E-state index is 14.4. The topological polar surface area (TPSA) is 47.7 Å². The first-order chi connectivity index (χ1) is 10.1. The highest BCUT2D eigenvalue weighted by molar-refractivity contribution is 5.50. The van der Waals surface area contributed by atoms with E-state index in [1.54, 1.807) is 20.3 Å². The molecule has 1 aromatic carbocycles. The van der Waals surface area contributed by atoms with Crippen molar-refractivity contribution in [3.8, 4) is 0 Å². The van der Waals surface area contributed by atoms with Crippen LogP contribution < -0.4 is 10.6 Å². The lowest BCUT2D eigenvalue weighted by molar-refractivity contribution is -0.00461. The van der Waals surface area contributed by atoms with Crippen LogP contribution in [-0.2, 0) is 15.9 Å². The maximum atomic E-state index is 14.4. The Bertz CT molecular complexity index is 458. The Morgan fingerprint density at radius 3 is 2.38 bits per heavy atom. The third-order valence-corrected chi connectivity index (χ3v) is 4.20. The minimum absolute atomic E-state index is 0.0254. The first kappa shape index (κ1) is 16.2. The summed E-state index contributed by atoms with van der Waals surface area (Å²) in [6.45, 7) is 3.31. The lowest BCUT2D eigenvalue weighted by Crippen LogP contribution is -2.27. The van der Waals surface area contributed by atoms with Gasteiger partial charge in [0.15, 0.2) is 0 Å². The summed E-state index contributed by atoms with van der Waals surface area (Å²) in [6.07, 6.45) is 1.54. The molecule has 0 aromatic heterocycles. The molecule has 5 heteroatoms. The van der Waals surface area contributed by atoms with Gasteiger partial charge in [0, 0.05) is 33.4 Å². The number of nitrogens with two attached hydrogens (primary N) is 1. The molecule has 118 valence electrons. The first-order valence-electron chi connectivity index (χ1n) is 7.43. The van der Waals surface area contributed by atoms with Crippen molar-refractivity contribution in [2.75, 3.05) is 32.2 Å². The van der Waals surface area contributed by atoms with E-state index in [0.29, 0.717) is 25.2 Å². The van der Waals surface area contributed by atoms with Crippen molar-refractivity contribution in [1.29, 1.82) is 0 Å². The highest BCUT2D eigenvalue weighted by atomic mass is 19.1. The van der Waals surface area contributed by atoms with Crippen LogP contribution in [0.1, 0.15) is 18.9 Å².